The maximum absolute atomic E-state index is 11.9. The molecule has 0 fully saturated rings. The molecule has 0 saturated carbocycles. The lowest BCUT2D eigenvalue weighted by Gasteiger charge is -2.17. The first-order chi connectivity index (χ1) is 10.1. The van der Waals surface area contributed by atoms with Crippen molar-refractivity contribution in [1.82, 2.24) is 15.5 Å². The van der Waals surface area contributed by atoms with E-state index in [-0.39, 0.29) is 37.3 Å². The van der Waals surface area contributed by atoms with Crippen LogP contribution < -0.4 is 10.6 Å². The Balaban J connectivity index is 0.00000441. The summed E-state index contributed by atoms with van der Waals surface area (Å²) >= 11 is 0. The van der Waals surface area contributed by atoms with Gasteiger partial charge in [-0.2, -0.15) is 0 Å². The van der Waals surface area contributed by atoms with E-state index in [1.165, 1.54) is 0 Å². The van der Waals surface area contributed by atoms with Crippen LogP contribution in [0.2, 0.25) is 0 Å². The van der Waals surface area contributed by atoms with Crippen molar-refractivity contribution in [3.05, 3.63) is 35.9 Å². The topological polar surface area (TPSA) is 70.7 Å². The summed E-state index contributed by atoms with van der Waals surface area (Å²) in [6.07, 6.45) is 0. The monoisotopic (exact) mass is 329 g/mol. The number of ether oxygens (including phenoxy) is 1. The van der Waals surface area contributed by atoms with Crippen LogP contribution in [0.5, 0.6) is 0 Å². The summed E-state index contributed by atoms with van der Waals surface area (Å²) in [4.78, 5) is 25.0. The van der Waals surface area contributed by atoms with E-state index in [1.54, 1.807) is 19.1 Å². The van der Waals surface area contributed by atoms with Gasteiger partial charge in [0.15, 0.2) is 0 Å². The maximum atomic E-state index is 11.9. The highest BCUT2D eigenvalue weighted by Gasteiger charge is 2.10. The van der Waals surface area contributed by atoms with Crippen molar-refractivity contribution in [2.75, 3.05) is 40.4 Å². The highest BCUT2D eigenvalue weighted by atomic mass is 35.5. The van der Waals surface area contributed by atoms with Gasteiger partial charge in [-0.3, -0.25) is 9.59 Å². The zero-order chi connectivity index (χ0) is 15.5. The van der Waals surface area contributed by atoms with Crippen molar-refractivity contribution in [2.45, 2.75) is 6.54 Å². The summed E-state index contributed by atoms with van der Waals surface area (Å²) in [6.45, 7) is 1.87. The van der Waals surface area contributed by atoms with Gasteiger partial charge in [0.2, 0.25) is 11.8 Å². The Kier molecular flexibility index (Phi) is 11.1. The lowest BCUT2D eigenvalue weighted by Crippen LogP contribution is -2.41. The number of methoxy groups -OCH3 is 1. The Morgan fingerprint density at radius 3 is 2.50 bits per heavy atom. The predicted octanol–water partition coefficient (Wildman–Crippen LogP) is 0.419. The standard InChI is InChI=1S/C15H23N3O3.ClH/c1-18(12-13-6-4-3-5-7-13)15(20)11-17-14(19)10-16-8-9-21-2;/h3-7,16H,8-12H2,1-2H3,(H,17,19);1H. The second kappa shape index (κ2) is 12.0. The molecule has 0 saturated heterocycles. The van der Waals surface area contributed by atoms with E-state index in [9.17, 15) is 9.59 Å². The summed E-state index contributed by atoms with van der Waals surface area (Å²) in [5.74, 6) is -0.323. The Labute approximate surface area is 137 Å². The average molecular weight is 330 g/mol. The molecule has 2 N–H and O–H groups in total. The van der Waals surface area contributed by atoms with Crippen molar-refractivity contribution in [3.63, 3.8) is 0 Å². The van der Waals surface area contributed by atoms with Gasteiger partial charge in [-0.05, 0) is 5.56 Å². The number of hydrogen-bond donors (Lipinski definition) is 2. The fourth-order valence-electron chi connectivity index (χ4n) is 1.69. The van der Waals surface area contributed by atoms with Crippen LogP contribution in [0, 0.1) is 0 Å². The van der Waals surface area contributed by atoms with Crippen molar-refractivity contribution in [1.29, 1.82) is 0 Å². The minimum Gasteiger partial charge on any atom is -0.383 e. The molecular weight excluding hydrogens is 306 g/mol. The molecule has 0 heterocycles. The molecule has 0 unspecified atom stereocenters. The van der Waals surface area contributed by atoms with Gasteiger partial charge in [-0.1, -0.05) is 30.3 Å². The second-order valence-electron chi connectivity index (χ2n) is 4.68. The predicted molar refractivity (Wildman–Crippen MR) is 87.9 cm³/mol. The van der Waals surface area contributed by atoms with Crippen LogP contribution in [-0.2, 0) is 20.9 Å². The number of amides is 2. The van der Waals surface area contributed by atoms with Gasteiger partial charge in [0, 0.05) is 27.2 Å². The molecule has 1 rings (SSSR count). The normalized spacial score (nSPS) is 9.73. The fourth-order valence-corrected chi connectivity index (χ4v) is 1.69. The lowest BCUT2D eigenvalue weighted by atomic mass is 10.2. The molecule has 7 heteroatoms. The van der Waals surface area contributed by atoms with Gasteiger partial charge in [0.25, 0.3) is 0 Å². The van der Waals surface area contributed by atoms with Crippen molar-refractivity contribution in [2.24, 2.45) is 0 Å². The molecule has 1 aromatic rings. The molecular formula is C15H24ClN3O3. The highest BCUT2D eigenvalue weighted by molar-refractivity contribution is 5.85. The Hall–Kier alpha value is -1.63. The lowest BCUT2D eigenvalue weighted by molar-refractivity contribution is -0.132. The third-order valence-electron chi connectivity index (χ3n) is 2.89. The molecule has 22 heavy (non-hydrogen) atoms. The van der Waals surface area contributed by atoms with E-state index in [0.29, 0.717) is 19.7 Å². The molecule has 0 aliphatic heterocycles. The number of benzene rings is 1. The number of likely N-dealkylation sites (N-methyl/N-ethyl adjacent to an activating group) is 1. The summed E-state index contributed by atoms with van der Waals surface area (Å²) in [6, 6.07) is 9.72. The minimum atomic E-state index is -0.201. The van der Waals surface area contributed by atoms with Crippen LogP contribution in [0.15, 0.2) is 30.3 Å². The average Bonchev–Trinajstić information content (AvgIpc) is 2.50. The van der Waals surface area contributed by atoms with Crippen molar-refractivity contribution >= 4 is 24.2 Å². The van der Waals surface area contributed by atoms with Crippen molar-refractivity contribution in [3.8, 4) is 0 Å². The molecule has 0 bridgehead atoms. The molecule has 2 amide bonds. The largest absolute Gasteiger partial charge is 0.383 e. The molecule has 0 atom stereocenters. The summed E-state index contributed by atoms with van der Waals surface area (Å²) in [5.41, 5.74) is 1.06. The number of carbonyl (C=O) groups excluding carboxylic acids is 2. The van der Waals surface area contributed by atoms with E-state index in [1.807, 2.05) is 30.3 Å². The van der Waals surface area contributed by atoms with Crippen LogP contribution in [0.25, 0.3) is 0 Å². The van der Waals surface area contributed by atoms with Gasteiger partial charge in [-0.25, -0.2) is 0 Å². The number of rotatable bonds is 9. The fraction of sp³-hybridized carbons (Fsp3) is 0.467. The van der Waals surface area contributed by atoms with Gasteiger partial charge in [0.1, 0.15) is 0 Å². The third-order valence-corrected chi connectivity index (χ3v) is 2.89. The van der Waals surface area contributed by atoms with Crippen LogP contribution in [0.3, 0.4) is 0 Å². The van der Waals surface area contributed by atoms with E-state index >= 15 is 0 Å². The number of halogens is 1. The minimum absolute atomic E-state index is 0. The summed E-state index contributed by atoms with van der Waals surface area (Å²) < 4.78 is 4.85. The van der Waals surface area contributed by atoms with Crippen LogP contribution in [-0.4, -0.2) is 57.1 Å². The molecule has 0 spiro atoms. The molecule has 1 aromatic carbocycles. The zero-order valence-electron chi connectivity index (χ0n) is 13.0. The SMILES string of the molecule is COCCNCC(=O)NCC(=O)N(C)Cc1ccccc1.Cl. The van der Waals surface area contributed by atoms with Crippen LogP contribution in [0.1, 0.15) is 5.56 Å². The Bertz CT molecular complexity index is 443. The van der Waals surface area contributed by atoms with Crippen molar-refractivity contribution < 1.29 is 14.3 Å². The zero-order valence-corrected chi connectivity index (χ0v) is 13.8. The van der Waals surface area contributed by atoms with Crippen LogP contribution in [0.4, 0.5) is 0 Å². The summed E-state index contributed by atoms with van der Waals surface area (Å²) in [7, 11) is 3.32. The van der Waals surface area contributed by atoms with E-state index in [2.05, 4.69) is 10.6 Å². The molecule has 0 aliphatic carbocycles. The van der Waals surface area contributed by atoms with Crippen LogP contribution >= 0.6 is 12.4 Å². The smallest absolute Gasteiger partial charge is 0.242 e. The number of nitrogens with one attached hydrogen (secondary N) is 2. The number of carbonyl (C=O) groups is 2. The molecule has 0 aromatic heterocycles. The second-order valence-corrected chi connectivity index (χ2v) is 4.68. The Morgan fingerprint density at radius 1 is 1.18 bits per heavy atom. The number of nitrogens with zero attached hydrogens (tertiary/aromatic N) is 1. The third kappa shape index (κ3) is 8.61. The first-order valence-corrected chi connectivity index (χ1v) is 6.87. The van der Waals surface area contributed by atoms with Gasteiger partial charge in [-0.15, -0.1) is 12.4 Å². The maximum Gasteiger partial charge on any atom is 0.242 e. The number of hydrogen-bond acceptors (Lipinski definition) is 4. The molecule has 0 aliphatic rings. The Morgan fingerprint density at radius 2 is 1.86 bits per heavy atom. The first-order valence-electron chi connectivity index (χ1n) is 6.87. The van der Waals surface area contributed by atoms with E-state index < -0.39 is 0 Å². The van der Waals surface area contributed by atoms with E-state index in [0.717, 1.165) is 5.56 Å². The van der Waals surface area contributed by atoms with E-state index in [4.69, 9.17) is 4.74 Å². The molecule has 124 valence electrons. The van der Waals surface area contributed by atoms with Gasteiger partial charge in [0.05, 0.1) is 19.7 Å². The molecule has 6 nitrogen and oxygen atoms in total. The highest BCUT2D eigenvalue weighted by Crippen LogP contribution is 2.02. The molecule has 0 radical (unpaired) electrons. The first kappa shape index (κ1) is 20.4. The quantitative estimate of drug-likeness (QED) is 0.644. The van der Waals surface area contributed by atoms with Gasteiger partial charge < -0.3 is 20.3 Å². The summed E-state index contributed by atoms with van der Waals surface area (Å²) in [5, 5.41) is 5.51. The van der Waals surface area contributed by atoms with Gasteiger partial charge >= 0.3 is 0 Å².